The fourth-order valence-electron chi connectivity index (χ4n) is 0.774. The minimum absolute atomic E-state index is 0.0572. The summed E-state index contributed by atoms with van der Waals surface area (Å²) < 4.78 is 0. The standard InChI is InChI=1S/C11H16N2O2/c1-10(14)9-13-11(15)7-5-3-2-4-6-8-12/h2-5,8,12H,6-7,9H2,1H3,(H,13,15)/b4-2-,5-3-,12-8?. The van der Waals surface area contributed by atoms with Gasteiger partial charge in [-0.05, 0) is 13.1 Å². The maximum absolute atomic E-state index is 11.1. The lowest BCUT2D eigenvalue weighted by atomic mass is 10.3. The molecule has 4 heteroatoms. The fraction of sp³-hybridized carbons (Fsp3) is 0.364. The highest BCUT2D eigenvalue weighted by molar-refractivity contribution is 5.85. The Kier molecular flexibility index (Phi) is 7.86. The van der Waals surface area contributed by atoms with E-state index in [1.165, 1.54) is 13.1 Å². The molecular formula is C11H16N2O2. The number of hydrogen-bond acceptors (Lipinski definition) is 3. The molecule has 1 amide bonds. The number of ketones is 1. The Balaban J connectivity index is 3.61. The van der Waals surface area contributed by atoms with E-state index in [9.17, 15) is 9.59 Å². The van der Waals surface area contributed by atoms with E-state index in [0.29, 0.717) is 6.42 Å². The monoisotopic (exact) mass is 208 g/mol. The first kappa shape index (κ1) is 13.3. The van der Waals surface area contributed by atoms with Gasteiger partial charge in [0.2, 0.25) is 5.91 Å². The van der Waals surface area contributed by atoms with Gasteiger partial charge in [0.25, 0.3) is 0 Å². The van der Waals surface area contributed by atoms with Gasteiger partial charge in [0.15, 0.2) is 0 Å². The Labute approximate surface area is 89.6 Å². The highest BCUT2D eigenvalue weighted by Crippen LogP contribution is 1.86. The van der Waals surface area contributed by atoms with Crippen LogP contribution in [0.1, 0.15) is 19.8 Å². The topological polar surface area (TPSA) is 70.0 Å². The molecule has 0 aliphatic heterocycles. The van der Waals surface area contributed by atoms with Crippen molar-refractivity contribution in [3.05, 3.63) is 24.3 Å². The zero-order valence-corrected chi connectivity index (χ0v) is 8.82. The van der Waals surface area contributed by atoms with Gasteiger partial charge < -0.3 is 10.7 Å². The van der Waals surface area contributed by atoms with Crippen LogP contribution in [0.5, 0.6) is 0 Å². The van der Waals surface area contributed by atoms with Gasteiger partial charge in [-0.1, -0.05) is 24.3 Å². The maximum Gasteiger partial charge on any atom is 0.224 e. The van der Waals surface area contributed by atoms with Crippen LogP contribution in [0.25, 0.3) is 0 Å². The first-order chi connectivity index (χ1) is 7.16. The number of allylic oxidation sites excluding steroid dienone is 3. The lowest BCUT2D eigenvalue weighted by Crippen LogP contribution is -2.27. The van der Waals surface area contributed by atoms with Crippen LogP contribution in [0.3, 0.4) is 0 Å². The molecule has 0 unspecified atom stereocenters. The number of carbonyl (C=O) groups is 2. The molecule has 0 aliphatic rings. The molecule has 0 aromatic heterocycles. The smallest absolute Gasteiger partial charge is 0.224 e. The summed E-state index contributed by atoms with van der Waals surface area (Å²) in [5, 5.41) is 9.23. The molecule has 4 nitrogen and oxygen atoms in total. The van der Waals surface area contributed by atoms with Gasteiger partial charge >= 0.3 is 0 Å². The molecule has 0 spiro atoms. The molecule has 0 saturated carbocycles. The van der Waals surface area contributed by atoms with Crippen molar-refractivity contribution in [2.75, 3.05) is 6.54 Å². The third kappa shape index (κ3) is 10.2. The average molecular weight is 208 g/mol. The predicted molar refractivity (Wildman–Crippen MR) is 60.0 cm³/mol. The van der Waals surface area contributed by atoms with E-state index in [1.54, 1.807) is 18.2 Å². The Morgan fingerprint density at radius 3 is 2.53 bits per heavy atom. The van der Waals surface area contributed by atoms with Gasteiger partial charge in [0.05, 0.1) is 6.54 Å². The van der Waals surface area contributed by atoms with Crippen molar-refractivity contribution < 1.29 is 9.59 Å². The summed E-state index contributed by atoms with van der Waals surface area (Å²) in [5.74, 6) is -0.222. The summed E-state index contributed by atoms with van der Waals surface area (Å²) in [7, 11) is 0. The number of nitrogens with one attached hydrogen (secondary N) is 2. The van der Waals surface area contributed by atoms with Crippen molar-refractivity contribution >= 4 is 17.9 Å². The Morgan fingerprint density at radius 1 is 1.27 bits per heavy atom. The average Bonchev–Trinajstić information content (AvgIpc) is 2.20. The van der Waals surface area contributed by atoms with Crippen molar-refractivity contribution in [1.29, 1.82) is 5.41 Å². The Bertz CT molecular complexity index is 280. The molecule has 0 aromatic carbocycles. The lowest BCUT2D eigenvalue weighted by Gasteiger charge is -1.98. The van der Waals surface area contributed by atoms with Crippen LogP contribution in [0, 0.1) is 5.41 Å². The minimum atomic E-state index is -0.165. The van der Waals surface area contributed by atoms with E-state index >= 15 is 0 Å². The van der Waals surface area contributed by atoms with E-state index in [0.717, 1.165) is 0 Å². The third-order valence-electron chi connectivity index (χ3n) is 1.47. The Morgan fingerprint density at radius 2 is 1.93 bits per heavy atom. The summed E-state index contributed by atoms with van der Waals surface area (Å²) in [6.07, 6.45) is 9.21. The van der Waals surface area contributed by atoms with E-state index in [-0.39, 0.29) is 24.7 Å². The van der Waals surface area contributed by atoms with Gasteiger partial charge in [0, 0.05) is 12.8 Å². The quantitative estimate of drug-likeness (QED) is 0.488. The normalized spacial score (nSPS) is 10.7. The van der Waals surface area contributed by atoms with E-state index in [4.69, 9.17) is 5.41 Å². The molecule has 0 aromatic rings. The minimum Gasteiger partial charge on any atom is -0.349 e. The van der Waals surface area contributed by atoms with Crippen molar-refractivity contribution in [1.82, 2.24) is 5.32 Å². The van der Waals surface area contributed by atoms with Gasteiger partial charge in [0.1, 0.15) is 5.78 Å². The molecule has 0 radical (unpaired) electrons. The lowest BCUT2D eigenvalue weighted by molar-refractivity contribution is -0.123. The van der Waals surface area contributed by atoms with E-state index < -0.39 is 0 Å². The van der Waals surface area contributed by atoms with Crippen molar-refractivity contribution in [2.45, 2.75) is 19.8 Å². The SMILES string of the molecule is CC(=O)CNC(=O)C/C=C\C=C/CC=N. The molecule has 0 atom stereocenters. The zero-order chi connectivity index (χ0) is 11.5. The molecule has 82 valence electrons. The number of rotatable bonds is 7. The Hall–Kier alpha value is -1.71. The van der Waals surface area contributed by atoms with Crippen molar-refractivity contribution in [2.24, 2.45) is 0 Å². The first-order valence-corrected chi connectivity index (χ1v) is 4.73. The van der Waals surface area contributed by atoms with Crippen LogP contribution in [-0.2, 0) is 9.59 Å². The predicted octanol–water partition coefficient (Wildman–Crippen LogP) is 1.23. The highest BCUT2D eigenvalue weighted by Gasteiger charge is 1.97. The number of hydrogen-bond donors (Lipinski definition) is 2. The van der Waals surface area contributed by atoms with Gasteiger partial charge in [-0.2, -0.15) is 0 Å². The van der Waals surface area contributed by atoms with Crippen molar-refractivity contribution in [3.8, 4) is 0 Å². The molecule has 0 bridgehead atoms. The van der Waals surface area contributed by atoms with Crippen molar-refractivity contribution in [3.63, 3.8) is 0 Å². The van der Waals surface area contributed by atoms with Crippen LogP contribution in [-0.4, -0.2) is 24.4 Å². The molecular weight excluding hydrogens is 192 g/mol. The number of Topliss-reactive ketones (excluding diaryl/α,β-unsaturated/α-hetero) is 1. The second-order valence-corrected chi connectivity index (χ2v) is 2.98. The summed E-state index contributed by atoms with van der Waals surface area (Å²) in [5.41, 5.74) is 0. The fourth-order valence-corrected chi connectivity index (χ4v) is 0.774. The number of amides is 1. The van der Waals surface area contributed by atoms with Crippen LogP contribution in [0.15, 0.2) is 24.3 Å². The summed E-state index contributed by atoms with van der Waals surface area (Å²) in [6.45, 7) is 1.52. The van der Waals surface area contributed by atoms with Crippen LogP contribution >= 0.6 is 0 Å². The summed E-state index contributed by atoms with van der Waals surface area (Å²) in [6, 6.07) is 0. The zero-order valence-electron chi connectivity index (χ0n) is 8.82. The van der Waals surface area contributed by atoms with Gasteiger partial charge in [-0.25, -0.2) is 0 Å². The largest absolute Gasteiger partial charge is 0.349 e. The highest BCUT2D eigenvalue weighted by atomic mass is 16.2. The summed E-state index contributed by atoms with van der Waals surface area (Å²) >= 11 is 0. The molecule has 0 fully saturated rings. The molecule has 0 rings (SSSR count). The van der Waals surface area contributed by atoms with E-state index in [2.05, 4.69) is 5.32 Å². The second-order valence-electron chi connectivity index (χ2n) is 2.98. The van der Waals surface area contributed by atoms with E-state index in [1.807, 2.05) is 6.08 Å². The molecule has 0 aliphatic carbocycles. The van der Waals surface area contributed by atoms with Gasteiger partial charge in [-0.3, -0.25) is 9.59 Å². The maximum atomic E-state index is 11.1. The second kappa shape index (κ2) is 8.87. The number of carbonyl (C=O) groups excluding carboxylic acids is 2. The van der Waals surface area contributed by atoms with Gasteiger partial charge in [-0.15, -0.1) is 0 Å². The molecule has 2 N–H and O–H groups in total. The van der Waals surface area contributed by atoms with Crippen LogP contribution in [0.4, 0.5) is 0 Å². The molecule has 0 heterocycles. The molecule has 0 saturated heterocycles. The summed E-state index contributed by atoms with van der Waals surface area (Å²) in [4.78, 5) is 21.6. The first-order valence-electron chi connectivity index (χ1n) is 4.73. The third-order valence-corrected chi connectivity index (χ3v) is 1.47. The molecule has 15 heavy (non-hydrogen) atoms. The van der Waals surface area contributed by atoms with Crippen LogP contribution < -0.4 is 5.32 Å². The van der Waals surface area contributed by atoms with Crippen LogP contribution in [0.2, 0.25) is 0 Å².